The standard InChI is InChI=1S/C16H20N4O2/c1-11-9-13(22-20-11)7-8-17-16(21)15-10-14(18-19-15)12-5-3-2-4-6-12/h2-6,9,14-15,18-19H,7-8,10H2,1H3,(H,17,21). The molecule has 0 radical (unpaired) electrons. The van der Waals surface area contributed by atoms with Crippen LogP contribution in [-0.4, -0.2) is 23.7 Å². The quantitative estimate of drug-likeness (QED) is 0.774. The van der Waals surface area contributed by atoms with E-state index in [2.05, 4.69) is 33.5 Å². The van der Waals surface area contributed by atoms with E-state index in [1.807, 2.05) is 31.2 Å². The molecule has 3 N–H and O–H groups in total. The van der Waals surface area contributed by atoms with Crippen LogP contribution in [0.2, 0.25) is 0 Å². The molecule has 1 amide bonds. The Hall–Kier alpha value is -2.18. The summed E-state index contributed by atoms with van der Waals surface area (Å²) in [5.41, 5.74) is 8.27. The minimum atomic E-state index is -0.221. The highest BCUT2D eigenvalue weighted by Crippen LogP contribution is 2.21. The third kappa shape index (κ3) is 3.52. The summed E-state index contributed by atoms with van der Waals surface area (Å²) < 4.78 is 5.12. The highest BCUT2D eigenvalue weighted by molar-refractivity contribution is 5.82. The molecule has 2 heterocycles. The second-order valence-corrected chi connectivity index (χ2v) is 5.52. The van der Waals surface area contributed by atoms with Crippen molar-refractivity contribution in [3.63, 3.8) is 0 Å². The first-order valence-corrected chi connectivity index (χ1v) is 7.48. The molecule has 2 atom stereocenters. The summed E-state index contributed by atoms with van der Waals surface area (Å²) in [6.45, 7) is 2.42. The van der Waals surface area contributed by atoms with Crippen LogP contribution in [0.4, 0.5) is 0 Å². The summed E-state index contributed by atoms with van der Waals surface area (Å²) in [7, 11) is 0. The van der Waals surface area contributed by atoms with Crippen LogP contribution in [0.5, 0.6) is 0 Å². The van der Waals surface area contributed by atoms with E-state index >= 15 is 0 Å². The van der Waals surface area contributed by atoms with Crippen molar-refractivity contribution in [3.8, 4) is 0 Å². The normalized spacial score (nSPS) is 21.0. The number of nitrogens with one attached hydrogen (secondary N) is 3. The molecule has 116 valence electrons. The molecule has 1 aromatic heterocycles. The zero-order valence-electron chi connectivity index (χ0n) is 12.5. The molecule has 6 heteroatoms. The zero-order valence-corrected chi connectivity index (χ0v) is 12.5. The molecule has 0 bridgehead atoms. The highest BCUT2D eigenvalue weighted by atomic mass is 16.5. The van der Waals surface area contributed by atoms with Gasteiger partial charge in [-0.05, 0) is 18.9 Å². The number of aromatic nitrogens is 1. The van der Waals surface area contributed by atoms with Gasteiger partial charge in [-0.2, -0.15) is 0 Å². The second-order valence-electron chi connectivity index (χ2n) is 5.52. The van der Waals surface area contributed by atoms with Gasteiger partial charge in [-0.1, -0.05) is 35.5 Å². The Bertz CT molecular complexity index is 626. The maximum Gasteiger partial charge on any atom is 0.238 e. The Balaban J connectivity index is 1.45. The molecule has 0 spiro atoms. The number of rotatable bonds is 5. The second kappa shape index (κ2) is 6.72. The summed E-state index contributed by atoms with van der Waals surface area (Å²) in [4.78, 5) is 12.2. The Morgan fingerprint density at radius 2 is 2.18 bits per heavy atom. The monoisotopic (exact) mass is 300 g/mol. The van der Waals surface area contributed by atoms with Gasteiger partial charge in [-0.25, -0.2) is 10.9 Å². The van der Waals surface area contributed by atoms with Gasteiger partial charge < -0.3 is 9.84 Å². The number of amides is 1. The first-order valence-electron chi connectivity index (χ1n) is 7.48. The summed E-state index contributed by atoms with van der Waals surface area (Å²) in [5.74, 6) is 0.791. The molecule has 2 aromatic rings. The van der Waals surface area contributed by atoms with Crippen LogP contribution in [0.3, 0.4) is 0 Å². The van der Waals surface area contributed by atoms with E-state index < -0.39 is 0 Å². The molecule has 2 unspecified atom stereocenters. The summed E-state index contributed by atoms with van der Waals surface area (Å²) >= 11 is 0. The fourth-order valence-electron chi connectivity index (χ4n) is 2.60. The van der Waals surface area contributed by atoms with Crippen LogP contribution in [0.25, 0.3) is 0 Å². The van der Waals surface area contributed by atoms with E-state index in [0.717, 1.165) is 17.9 Å². The molecule has 1 fully saturated rings. The highest BCUT2D eigenvalue weighted by Gasteiger charge is 2.29. The fourth-order valence-corrected chi connectivity index (χ4v) is 2.60. The van der Waals surface area contributed by atoms with Crippen molar-refractivity contribution >= 4 is 5.91 Å². The van der Waals surface area contributed by atoms with Gasteiger partial charge in [-0.3, -0.25) is 4.79 Å². The van der Waals surface area contributed by atoms with Gasteiger partial charge in [0, 0.05) is 25.1 Å². The van der Waals surface area contributed by atoms with Crippen molar-refractivity contribution in [2.75, 3.05) is 6.54 Å². The third-order valence-corrected chi connectivity index (χ3v) is 3.77. The van der Waals surface area contributed by atoms with Gasteiger partial charge in [0.25, 0.3) is 0 Å². The predicted molar refractivity (Wildman–Crippen MR) is 81.8 cm³/mol. The molecular formula is C16H20N4O2. The Morgan fingerprint density at radius 1 is 1.36 bits per heavy atom. The lowest BCUT2D eigenvalue weighted by Crippen LogP contribution is -2.43. The predicted octanol–water partition coefficient (Wildman–Crippen LogP) is 1.25. The lowest BCUT2D eigenvalue weighted by atomic mass is 10.0. The van der Waals surface area contributed by atoms with Crippen LogP contribution in [-0.2, 0) is 11.2 Å². The van der Waals surface area contributed by atoms with Crippen molar-refractivity contribution < 1.29 is 9.32 Å². The maximum atomic E-state index is 12.2. The molecule has 0 aliphatic carbocycles. The van der Waals surface area contributed by atoms with Crippen LogP contribution in [0, 0.1) is 6.92 Å². The lowest BCUT2D eigenvalue weighted by molar-refractivity contribution is -0.122. The van der Waals surface area contributed by atoms with Crippen molar-refractivity contribution in [3.05, 3.63) is 53.4 Å². The number of hydrazine groups is 1. The van der Waals surface area contributed by atoms with E-state index in [4.69, 9.17) is 4.52 Å². The molecule has 0 saturated carbocycles. The zero-order chi connectivity index (χ0) is 15.4. The van der Waals surface area contributed by atoms with E-state index in [1.54, 1.807) is 0 Å². The topological polar surface area (TPSA) is 79.2 Å². The lowest BCUT2D eigenvalue weighted by Gasteiger charge is -2.10. The fraction of sp³-hybridized carbons (Fsp3) is 0.375. The third-order valence-electron chi connectivity index (χ3n) is 3.77. The van der Waals surface area contributed by atoms with E-state index in [0.29, 0.717) is 13.0 Å². The summed E-state index contributed by atoms with van der Waals surface area (Å²) in [5, 5.41) is 6.75. The van der Waals surface area contributed by atoms with Crippen molar-refractivity contribution in [1.29, 1.82) is 0 Å². The van der Waals surface area contributed by atoms with Crippen molar-refractivity contribution in [2.24, 2.45) is 0 Å². The van der Waals surface area contributed by atoms with Crippen LogP contribution in [0.1, 0.15) is 29.5 Å². The van der Waals surface area contributed by atoms with Crippen molar-refractivity contribution in [1.82, 2.24) is 21.3 Å². The largest absolute Gasteiger partial charge is 0.361 e. The molecule has 1 aromatic carbocycles. The molecule has 1 aliphatic rings. The Labute approximate surface area is 129 Å². The number of benzene rings is 1. The molecule has 22 heavy (non-hydrogen) atoms. The van der Waals surface area contributed by atoms with Gasteiger partial charge in [-0.15, -0.1) is 0 Å². The first-order chi connectivity index (χ1) is 10.7. The van der Waals surface area contributed by atoms with E-state index in [1.165, 1.54) is 5.56 Å². The Morgan fingerprint density at radius 3 is 2.91 bits per heavy atom. The number of nitrogens with zero attached hydrogens (tertiary/aromatic N) is 1. The summed E-state index contributed by atoms with van der Waals surface area (Å²) in [6.07, 6.45) is 1.38. The molecule has 1 saturated heterocycles. The first kappa shape index (κ1) is 14.7. The molecule has 1 aliphatic heterocycles. The van der Waals surface area contributed by atoms with Crippen LogP contribution in [0.15, 0.2) is 40.9 Å². The van der Waals surface area contributed by atoms with E-state index in [9.17, 15) is 4.79 Å². The van der Waals surface area contributed by atoms with Crippen molar-refractivity contribution in [2.45, 2.75) is 31.8 Å². The molecule has 3 rings (SSSR count). The van der Waals surface area contributed by atoms with Gasteiger partial charge >= 0.3 is 0 Å². The van der Waals surface area contributed by atoms with Gasteiger partial charge in [0.05, 0.1) is 5.69 Å². The number of carbonyl (C=O) groups excluding carboxylic acids is 1. The van der Waals surface area contributed by atoms with Gasteiger partial charge in [0.1, 0.15) is 11.8 Å². The van der Waals surface area contributed by atoms with Gasteiger partial charge in [0.15, 0.2) is 0 Å². The Kier molecular flexibility index (Phi) is 4.50. The maximum absolute atomic E-state index is 12.2. The molecular weight excluding hydrogens is 280 g/mol. The minimum absolute atomic E-state index is 0.00201. The molecule has 6 nitrogen and oxygen atoms in total. The number of hydrogen-bond donors (Lipinski definition) is 3. The van der Waals surface area contributed by atoms with Crippen LogP contribution >= 0.6 is 0 Å². The average molecular weight is 300 g/mol. The average Bonchev–Trinajstić information content (AvgIpc) is 3.17. The van der Waals surface area contributed by atoms with E-state index in [-0.39, 0.29) is 18.0 Å². The number of aryl methyl sites for hydroxylation is 1. The smallest absolute Gasteiger partial charge is 0.238 e. The minimum Gasteiger partial charge on any atom is -0.361 e. The SMILES string of the molecule is Cc1cc(CCNC(=O)C2CC(c3ccccc3)NN2)on1. The number of carbonyl (C=O) groups is 1. The number of hydrogen-bond acceptors (Lipinski definition) is 5. The summed E-state index contributed by atoms with van der Waals surface area (Å²) in [6, 6.07) is 11.9. The van der Waals surface area contributed by atoms with Crippen LogP contribution < -0.4 is 16.2 Å². The van der Waals surface area contributed by atoms with Gasteiger partial charge in [0.2, 0.25) is 5.91 Å².